The maximum absolute atomic E-state index is 13.1. The summed E-state index contributed by atoms with van der Waals surface area (Å²) in [5.41, 5.74) is 4.57. The highest BCUT2D eigenvalue weighted by Crippen LogP contribution is 2.24. The molecule has 6 heteroatoms. The largest absolute Gasteiger partial charge is 0.398 e. The first-order valence-electron chi connectivity index (χ1n) is 9.35. The van der Waals surface area contributed by atoms with Crippen molar-refractivity contribution in [2.24, 2.45) is 0 Å². The minimum absolute atomic E-state index is 0.0551. The second-order valence-corrected chi connectivity index (χ2v) is 4.52. The van der Waals surface area contributed by atoms with Gasteiger partial charge >= 0.3 is 0 Å². The maximum Gasteiger partial charge on any atom is 0.264 e. The average molecular weight is 291 g/mol. The molecule has 1 aliphatic rings. The van der Waals surface area contributed by atoms with Crippen LogP contribution in [0.3, 0.4) is 0 Å². The van der Waals surface area contributed by atoms with Crippen LogP contribution in [-0.4, -0.2) is 21.1 Å². The fourth-order valence-electron chi connectivity index (χ4n) is 2.19. The van der Waals surface area contributed by atoms with E-state index in [1.807, 2.05) is 0 Å². The highest BCUT2D eigenvalue weighted by molar-refractivity contribution is 6.03. The molecule has 108 valence electrons. The third-order valence-electron chi connectivity index (χ3n) is 3.15. The molecule has 6 nitrogen and oxygen atoms in total. The summed E-state index contributed by atoms with van der Waals surface area (Å²) in [7, 11) is 0. The average Bonchev–Trinajstić information content (AvgIpc) is 2.61. The normalized spacial score (nSPS) is 32.7. The Morgan fingerprint density at radius 3 is 3.14 bits per heavy atom. The van der Waals surface area contributed by atoms with Crippen LogP contribution in [0.25, 0.3) is 10.9 Å². The number of aryl methyl sites for hydroxylation is 1. The summed E-state index contributed by atoms with van der Waals surface area (Å²) in [4.78, 5) is 41.5. The van der Waals surface area contributed by atoms with Crippen molar-refractivity contribution in [1.82, 2.24) is 9.55 Å². The number of aromatic nitrogens is 2. The fourth-order valence-corrected chi connectivity index (χ4v) is 2.19. The molecule has 1 aromatic carbocycles. The topological polar surface area (TPSA) is 95.0 Å². The van der Waals surface area contributed by atoms with Crippen LogP contribution < -0.4 is 11.3 Å². The number of hydrogen-bond donors (Lipinski definition) is 1. The minimum atomic E-state index is -2.84. The molecule has 2 atom stereocenters. The molecule has 2 unspecified atom stereocenters. The van der Waals surface area contributed by atoms with Gasteiger partial charge in [0.2, 0.25) is 0 Å². The Morgan fingerprint density at radius 1 is 1.57 bits per heavy atom. The van der Waals surface area contributed by atoms with Crippen molar-refractivity contribution in [2.45, 2.75) is 32.1 Å². The van der Waals surface area contributed by atoms with Gasteiger partial charge in [-0.3, -0.25) is 19.0 Å². The van der Waals surface area contributed by atoms with E-state index in [-0.39, 0.29) is 28.5 Å². The molecule has 3 rings (SSSR count). The Labute approximate surface area is 129 Å². The van der Waals surface area contributed by atoms with E-state index in [4.69, 9.17) is 14.0 Å². The van der Waals surface area contributed by atoms with Gasteiger partial charge in [0.15, 0.2) is 5.78 Å². The lowest BCUT2D eigenvalue weighted by Crippen LogP contribution is -2.36. The van der Waals surface area contributed by atoms with E-state index in [1.165, 1.54) is 12.1 Å². The van der Waals surface area contributed by atoms with Gasteiger partial charge in [0.05, 0.1) is 26.1 Å². The highest BCUT2D eigenvalue weighted by atomic mass is 16.2. The summed E-state index contributed by atoms with van der Waals surface area (Å²) in [6.45, 7) is -0.634. The lowest BCUT2D eigenvalue weighted by atomic mass is 9.92. The first kappa shape index (κ1) is 8.07. The summed E-state index contributed by atoms with van der Waals surface area (Å²) in [6.07, 6.45) is -6.05. The number of carbonyl (C=O) groups excluding carboxylic acids is 2. The van der Waals surface area contributed by atoms with E-state index in [9.17, 15) is 14.4 Å². The number of rotatable bonds is 1. The van der Waals surface area contributed by atoms with E-state index in [1.54, 1.807) is 0 Å². The molecule has 1 heterocycles. The zero-order valence-corrected chi connectivity index (χ0v) is 10.8. The number of ketones is 2. The van der Waals surface area contributed by atoms with Crippen LogP contribution in [-0.2, 0) is 9.59 Å². The molecule has 0 amide bonds. The summed E-state index contributed by atoms with van der Waals surface area (Å²) < 4.78 is 48.0. The van der Waals surface area contributed by atoms with E-state index in [0.717, 1.165) is 0 Å². The lowest BCUT2D eigenvalue weighted by molar-refractivity contribution is -0.132. The van der Waals surface area contributed by atoms with Gasteiger partial charge in [0, 0.05) is 17.5 Å². The highest BCUT2D eigenvalue weighted by Gasteiger charge is 2.30. The molecule has 0 bridgehead atoms. The van der Waals surface area contributed by atoms with Gasteiger partial charge in [0.25, 0.3) is 5.56 Å². The van der Waals surface area contributed by atoms with Gasteiger partial charge in [-0.1, -0.05) is 6.07 Å². The quantitative estimate of drug-likeness (QED) is 0.628. The molecule has 0 spiro atoms. The molecule has 1 fully saturated rings. The van der Waals surface area contributed by atoms with Crippen LogP contribution in [0.15, 0.2) is 23.0 Å². The zero-order valence-electron chi connectivity index (χ0n) is 16.8. The first-order valence-corrected chi connectivity index (χ1v) is 6.07. The van der Waals surface area contributed by atoms with Crippen molar-refractivity contribution in [3.05, 3.63) is 34.4 Å². The predicted molar refractivity (Wildman–Crippen MR) is 78.1 cm³/mol. The van der Waals surface area contributed by atoms with Gasteiger partial charge < -0.3 is 5.73 Å². The third kappa shape index (κ3) is 2.12. The van der Waals surface area contributed by atoms with E-state index in [2.05, 4.69) is 4.98 Å². The smallest absolute Gasteiger partial charge is 0.264 e. The number of nitrogens with two attached hydrogens (primary N) is 1. The minimum Gasteiger partial charge on any atom is -0.398 e. The number of Topliss-reactive ketones (excluding diaryl/α,β-unsaturated/α-hetero) is 2. The Bertz CT molecular complexity index is 1050. The number of carbonyl (C=O) groups is 2. The number of hydrogen-bond acceptors (Lipinski definition) is 5. The summed E-state index contributed by atoms with van der Waals surface area (Å²) in [5.74, 6) is -2.62. The van der Waals surface area contributed by atoms with Crippen molar-refractivity contribution < 1.29 is 17.8 Å². The number of benzene rings is 1. The number of anilines is 1. The third-order valence-corrected chi connectivity index (χ3v) is 3.15. The number of fused-ring (bicyclic) bond motifs is 1. The van der Waals surface area contributed by atoms with Crippen LogP contribution >= 0.6 is 0 Å². The second kappa shape index (κ2) is 4.80. The summed E-state index contributed by atoms with van der Waals surface area (Å²) in [5, 5.41) is -0.260. The van der Waals surface area contributed by atoms with Crippen molar-refractivity contribution in [2.75, 3.05) is 5.73 Å². The molecule has 0 aliphatic heterocycles. The maximum atomic E-state index is 13.1. The van der Waals surface area contributed by atoms with Gasteiger partial charge in [-0.15, -0.1) is 0 Å². The Kier molecular flexibility index (Phi) is 1.84. The number of nitrogen functional groups attached to an aromatic ring is 1. The molecule has 2 N–H and O–H groups in total. The van der Waals surface area contributed by atoms with Crippen LogP contribution in [0.4, 0.5) is 5.69 Å². The molecular formula is C15H15N3O3. The SMILES string of the molecule is [2H]Cc1nc2ccc([2H])c(N)c2c(=O)n1C1([2H])C(=O)CC(=O)C([2H])([2H])C1[2H]. The number of nitrogens with zero attached hydrogens (tertiary/aromatic N) is 2. The van der Waals surface area contributed by atoms with Gasteiger partial charge in [-0.05, 0) is 25.4 Å². The van der Waals surface area contributed by atoms with Gasteiger partial charge in [-0.25, -0.2) is 4.98 Å². The fraction of sp³-hybridized carbons (Fsp3) is 0.333. The van der Waals surface area contributed by atoms with E-state index >= 15 is 0 Å². The van der Waals surface area contributed by atoms with Crippen LogP contribution in [0.5, 0.6) is 0 Å². The van der Waals surface area contributed by atoms with Crippen molar-refractivity contribution in [3.63, 3.8) is 0 Å². The lowest BCUT2D eigenvalue weighted by Gasteiger charge is -2.24. The van der Waals surface area contributed by atoms with E-state index < -0.39 is 49.2 Å². The Morgan fingerprint density at radius 2 is 2.38 bits per heavy atom. The second-order valence-electron chi connectivity index (χ2n) is 4.52. The molecule has 0 saturated heterocycles. The molecule has 2 aromatic rings. The van der Waals surface area contributed by atoms with E-state index in [0.29, 0.717) is 4.57 Å². The van der Waals surface area contributed by atoms with Crippen LogP contribution in [0.2, 0.25) is 0 Å². The standard InChI is InChI=1S/C15H15N3O3/c1-8-17-11-4-2-3-10(16)14(11)15(21)18(8)12-6-5-9(19)7-13(12)20/h2-4,12H,5-7,16H2,1H3/i1D,3D,5D2,6D,12D. The summed E-state index contributed by atoms with van der Waals surface area (Å²) >= 11 is 0. The molecule has 1 aliphatic carbocycles. The monoisotopic (exact) mass is 291 g/mol. The Hall–Kier alpha value is -2.50. The molecule has 0 radical (unpaired) electrons. The van der Waals surface area contributed by atoms with Crippen LogP contribution in [0.1, 0.15) is 39.3 Å². The molecule has 1 aromatic heterocycles. The Balaban J connectivity index is 2.44. The summed E-state index contributed by atoms with van der Waals surface area (Å²) in [6, 6.07) is -0.349. The first-order chi connectivity index (χ1) is 12.5. The van der Waals surface area contributed by atoms with Gasteiger partial charge in [-0.2, -0.15) is 0 Å². The molecular weight excluding hydrogens is 270 g/mol. The van der Waals surface area contributed by atoms with Crippen molar-refractivity contribution in [1.29, 1.82) is 0 Å². The zero-order chi connectivity index (χ0) is 20.3. The van der Waals surface area contributed by atoms with Crippen LogP contribution in [0, 0.1) is 6.90 Å². The van der Waals surface area contributed by atoms with Crippen molar-refractivity contribution >= 4 is 28.2 Å². The van der Waals surface area contributed by atoms with Crippen molar-refractivity contribution in [3.8, 4) is 0 Å². The predicted octanol–water partition coefficient (Wildman–Crippen LogP) is 1.15. The molecule has 1 saturated carbocycles. The van der Waals surface area contributed by atoms with Gasteiger partial charge in [0.1, 0.15) is 11.6 Å². The molecule has 21 heavy (non-hydrogen) atoms.